The van der Waals surface area contributed by atoms with Gasteiger partial charge in [-0.2, -0.15) is 23.7 Å². The molecule has 1 fully saturated rings. The highest BCUT2D eigenvalue weighted by Gasteiger charge is 2.47. The number of sulfone groups is 1. The van der Waals surface area contributed by atoms with Crippen molar-refractivity contribution in [1.29, 1.82) is 10.5 Å². The highest BCUT2D eigenvalue weighted by atomic mass is 32.2. The van der Waals surface area contributed by atoms with Gasteiger partial charge in [0.15, 0.2) is 9.84 Å². The summed E-state index contributed by atoms with van der Waals surface area (Å²) in [5.41, 5.74) is -1.91. The van der Waals surface area contributed by atoms with Crippen LogP contribution in [-0.2, 0) is 16.0 Å². The zero-order chi connectivity index (χ0) is 30.3. The molecule has 0 aromatic heterocycles. The Bertz CT molecular complexity index is 1640. The van der Waals surface area contributed by atoms with Crippen LogP contribution >= 0.6 is 0 Å². The summed E-state index contributed by atoms with van der Waals surface area (Å²) in [6.07, 6.45) is -4.00. The lowest BCUT2D eigenvalue weighted by molar-refractivity contribution is -0.137. The van der Waals surface area contributed by atoms with E-state index in [1.165, 1.54) is 30.0 Å². The predicted octanol–water partition coefficient (Wildman–Crippen LogP) is 4.34. The molecule has 2 aromatic rings. The molecule has 0 saturated carbocycles. The van der Waals surface area contributed by atoms with E-state index in [4.69, 9.17) is 0 Å². The molecule has 2 aliphatic rings. The second kappa shape index (κ2) is 10.9. The van der Waals surface area contributed by atoms with Crippen LogP contribution in [0.3, 0.4) is 0 Å². The molecule has 2 aliphatic heterocycles. The molecule has 41 heavy (non-hydrogen) atoms. The van der Waals surface area contributed by atoms with Gasteiger partial charge in [-0.3, -0.25) is 4.90 Å². The number of hydrogen-bond donors (Lipinski definition) is 1. The largest absolute Gasteiger partial charge is 0.416 e. The van der Waals surface area contributed by atoms with E-state index in [2.05, 4.69) is 0 Å². The lowest BCUT2D eigenvalue weighted by atomic mass is 9.93. The Labute approximate surface area is 234 Å². The quantitative estimate of drug-likeness (QED) is 0.562. The number of benzene rings is 2. The van der Waals surface area contributed by atoms with E-state index in [9.17, 15) is 46.8 Å². The molecule has 0 bridgehead atoms. The fourth-order valence-corrected chi connectivity index (χ4v) is 5.94. The third-order valence-corrected chi connectivity index (χ3v) is 8.07. The van der Waals surface area contributed by atoms with Gasteiger partial charge in [-0.1, -0.05) is 12.1 Å². The number of hydrogen-bond acceptors (Lipinski definition) is 7. The Hall–Kier alpha value is -4.40. The van der Waals surface area contributed by atoms with Crippen molar-refractivity contribution in [2.75, 3.05) is 24.2 Å². The lowest BCUT2D eigenvalue weighted by Gasteiger charge is -2.43. The van der Waals surface area contributed by atoms with Gasteiger partial charge in [0, 0.05) is 25.0 Å². The number of carbonyl (C=O) groups is 2. The fourth-order valence-electron chi connectivity index (χ4n) is 5.00. The van der Waals surface area contributed by atoms with Gasteiger partial charge >= 0.3 is 18.2 Å². The minimum absolute atomic E-state index is 0.0295. The molecule has 10 nitrogen and oxygen atoms in total. The first-order chi connectivity index (χ1) is 19.2. The molecule has 2 heterocycles. The number of alkyl halides is 3. The second-order valence-corrected chi connectivity index (χ2v) is 11.7. The van der Waals surface area contributed by atoms with Crippen molar-refractivity contribution in [1.82, 2.24) is 9.80 Å². The molecule has 2 aromatic carbocycles. The smallest absolute Gasteiger partial charge is 0.391 e. The number of aliphatic hydroxyl groups excluding tert-OH is 1. The standard InChI is InChI=1S/C27H24F3N5O5S/c1-16-22(14-32)24(21-9-8-17(13-31)11-23(21)41(2,39)40)35(25(37)33-10-4-7-20(36)15-33)26(38)34(16)19-6-3-5-18(12-19)27(28,29)30/h3,5-6,8-9,11-12,20,24,36H,4,7,10,15H2,1-2H3/t20?,24-/m1/s1. The first kappa shape index (κ1) is 29.6. The maximum atomic E-state index is 14.1. The van der Waals surface area contributed by atoms with Crippen LogP contribution in [0.5, 0.6) is 0 Å². The molecule has 4 rings (SSSR count). The van der Waals surface area contributed by atoms with Gasteiger partial charge in [0.05, 0.1) is 45.5 Å². The first-order valence-corrected chi connectivity index (χ1v) is 14.2. The summed E-state index contributed by atoms with van der Waals surface area (Å²) in [4.78, 5) is 30.2. The summed E-state index contributed by atoms with van der Waals surface area (Å²) in [6, 6.07) is 7.39. The maximum Gasteiger partial charge on any atom is 0.416 e. The summed E-state index contributed by atoms with van der Waals surface area (Å²) in [7, 11) is -4.08. The third kappa shape index (κ3) is 5.62. The van der Waals surface area contributed by atoms with Crippen LogP contribution < -0.4 is 4.90 Å². The summed E-state index contributed by atoms with van der Waals surface area (Å²) >= 11 is 0. The van der Waals surface area contributed by atoms with Crippen LogP contribution in [0.1, 0.15) is 42.5 Å². The van der Waals surface area contributed by atoms with E-state index in [1.807, 2.05) is 12.1 Å². The third-order valence-electron chi connectivity index (χ3n) is 6.92. The summed E-state index contributed by atoms with van der Waals surface area (Å²) in [6.45, 7) is 1.28. The number of allylic oxidation sites excluding steroid dienone is 1. The maximum absolute atomic E-state index is 14.1. The molecule has 4 amide bonds. The van der Waals surface area contributed by atoms with E-state index in [0.29, 0.717) is 23.8 Å². The van der Waals surface area contributed by atoms with Crippen LogP contribution in [0.4, 0.5) is 28.4 Å². The molecule has 1 saturated heterocycles. The number of halogens is 3. The topological polar surface area (TPSA) is 146 Å². The Morgan fingerprint density at radius 3 is 2.41 bits per heavy atom. The van der Waals surface area contributed by atoms with Gasteiger partial charge in [-0.15, -0.1) is 0 Å². The van der Waals surface area contributed by atoms with Crippen LogP contribution in [0.15, 0.2) is 58.6 Å². The number of aliphatic hydroxyl groups is 1. The van der Waals surface area contributed by atoms with Gasteiger partial charge < -0.3 is 10.0 Å². The van der Waals surface area contributed by atoms with Crippen molar-refractivity contribution in [2.45, 2.75) is 43.0 Å². The van der Waals surface area contributed by atoms with Crippen LogP contribution in [-0.4, -0.2) is 60.8 Å². The number of carbonyl (C=O) groups excluding carboxylic acids is 2. The van der Waals surface area contributed by atoms with Gasteiger partial charge in [0.25, 0.3) is 0 Å². The van der Waals surface area contributed by atoms with E-state index >= 15 is 0 Å². The number of β-amino-alcohol motifs (C(OH)–C–C–N with tert-alkyl or cyclic N) is 1. The molecule has 14 heteroatoms. The van der Waals surface area contributed by atoms with Gasteiger partial charge in [0.2, 0.25) is 0 Å². The molecule has 1 N–H and O–H groups in total. The highest BCUT2D eigenvalue weighted by molar-refractivity contribution is 7.90. The molecular weight excluding hydrogens is 563 g/mol. The molecular formula is C27H24F3N5O5S. The number of imide groups is 1. The number of rotatable bonds is 3. The van der Waals surface area contributed by atoms with E-state index in [0.717, 1.165) is 29.4 Å². The molecule has 0 radical (unpaired) electrons. The Kier molecular flexibility index (Phi) is 7.85. The summed E-state index contributed by atoms with van der Waals surface area (Å²) in [5.74, 6) is 0. The van der Waals surface area contributed by atoms with Crippen molar-refractivity contribution in [3.05, 3.63) is 70.4 Å². The van der Waals surface area contributed by atoms with Gasteiger partial charge in [-0.05, 0) is 55.7 Å². The molecule has 2 atom stereocenters. The van der Waals surface area contributed by atoms with Crippen molar-refractivity contribution in [2.24, 2.45) is 0 Å². The first-order valence-electron chi connectivity index (χ1n) is 12.3. The van der Waals surface area contributed by atoms with Crippen molar-refractivity contribution in [3.8, 4) is 12.1 Å². The monoisotopic (exact) mass is 587 g/mol. The Morgan fingerprint density at radius 1 is 1.12 bits per heavy atom. The SMILES string of the molecule is CC1=C(C#N)[C@@H](c2ccc(C#N)cc2S(C)(=O)=O)N(C(=O)N2CCCC(O)C2)C(=O)N1c1cccc(C(F)(F)F)c1. The Morgan fingerprint density at radius 2 is 1.83 bits per heavy atom. The Balaban J connectivity index is 2.00. The van der Waals surface area contributed by atoms with Crippen molar-refractivity contribution < 1.29 is 36.3 Å². The fraction of sp³-hybridized carbons (Fsp3) is 0.333. The number of anilines is 1. The number of amides is 4. The zero-order valence-electron chi connectivity index (χ0n) is 21.9. The normalized spacial score (nSPS) is 20.1. The van der Waals surface area contributed by atoms with Gasteiger partial charge in [-0.25, -0.2) is 22.9 Å². The number of nitrogens with zero attached hydrogens (tertiary/aromatic N) is 5. The summed E-state index contributed by atoms with van der Waals surface area (Å²) < 4.78 is 66.2. The van der Waals surface area contributed by atoms with Crippen molar-refractivity contribution >= 4 is 27.6 Å². The number of nitriles is 2. The molecule has 0 spiro atoms. The average molecular weight is 588 g/mol. The minimum atomic E-state index is -4.75. The molecule has 0 aliphatic carbocycles. The second-order valence-electron chi connectivity index (χ2n) is 9.71. The highest BCUT2D eigenvalue weighted by Crippen LogP contribution is 2.43. The summed E-state index contributed by atoms with van der Waals surface area (Å²) in [5, 5.41) is 29.8. The number of urea groups is 2. The predicted molar refractivity (Wildman–Crippen MR) is 139 cm³/mol. The molecule has 214 valence electrons. The van der Waals surface area contributed by atoms with Crippen LogP contribution in [0, 0.1) is 22.7 Å². The van der Waals surface area contributed by atoms with Crippen LogP contribution in [0.25, 0.3) is 0 Å². The number of piperidine rings is 1. The van der Waals surface area contributed by atoms with Crippen LogP contribution in [0.2, 0.25) is 0 Å². The van der Waals surface area contributed by atoms with Crippen molar-refractivity contribution in [3.63, 3.8) is 0 Å². The molecule has 1 unspecified atom stereocenters. The minimum Gasteiger partial charge on any atom is -0.391 e. The average Bonchev–Trinajstić information content (AvgIpc) is 2.91. The van der Waals surface area contributed by atoms with Gasteiger partial charge in [0.1, 0.15) is 6.04 Å². The van der Waals surface area contributed by atoms with E-state index in [-0.39, 0.29) is 41.2 Å². The zero-order valence-corrected chi connectivity index (χ0v) is 22.7. The number of likely N-dealkylation sites (tertiary alicyclic amines) is 1. The van der Waals surface area contributed by atoms with E-state index < -0.39 is 50.7 Å². The lowest BCUT2D eigenvalue weighted by Crippen LogP contribution is -2.57. The van der Waals surface area contributed by atoms with E-state index in [1.54, 1.807) is 0 Å².